The van der Waals surface area contributed by atoms with Crippen LogP contribution in [0.25, 0.3) is 21.8 Å². The maximum atomic E-state index is 2.63. The van der Waals surface area contributed by atoms with Gasteiger partial charge in [-0.3, -0.25) is 0 Å². The molecule has 104 valence electrons. The number of nitrogens with zero attached hydrogens (tertiary/aromatic N) is 1. The van der Waals surface area contributed by atoms with Crippen LogP contribution in [0.5, 0.6) is 0 Å². The van der Waals surface area contributed by atoms with Crippen LogP contribution in [-0.4, -0.2) is 4.57 Å². The molecular formula is C20H19N. The van der Waals surface area contributed by atoms with Gasteiger partial charge in [0, 0.05) is 27.8 Å². The Hall–Kier alpha value is -2.02. The number of para-hydroxylation sites is 2. The van der Waals surface area contributed by atoms with Crippen LogP contribution in [-0.2, 0) is 0 Å². The molecule has 21 heavy (non-hydrogen) atoms. The molecule has 1 heterocycles. The van der Waals surface area contributed by atoms with E-state index in [0.29, 0.717) is 12.0 Å². The highest BCUT2D eigenvalue weighted by Crippen LogP contribution is 2.46. The lowest BCUT2D eigenvalue weighted by Crippen LogP contribution is -2.29. The zero-order valence-electron chi connectivity index (χ0n) is 12.1. The molecule has 1 saturated carbocycles. The highest BCUT2D eigenvalue weighted by molar-refractivity contribution is 6.08. The minimum Gasteiger partial charge on any atom is -0.337 e. The van der Waals surface area contributed by atoms with Gasteiger partial charge in [-0.05, 0) is 43.2 Å². The van der Waals surface area contributed by atoms with Crippen LogP contribution in [0.4, 0.5) is 0 Å². The summed E-state index contributed by atoms with van der Waals surface area (Å²) in [4.78, 5) is 0. The number of fused-ring (bicyclic) bond motifs is 5. The molecule has 3 aliphatic carbocycles. The molecule has 1 aromatic heterocycles. The standard InChI is InChI=1S/C20H19N/c1-3-7-18-16(5-1)17-6-2-4-8-19(17)21(18)20-13-14-9-11-15(20)12-10-14/h1-9,11,14-15,20H,10,12-13H2/t14-,15+,20-/m1/s1. The molecule has 0 spiro atoms. The monoisotopic (exact) mass is 273 g/mol. The highest BCUT2D eigenvalue weighted by Gasteiger charge is 2.34. The Balaban J connectivity index is 1.83. The van der Waals surface area contributed by atoms with Gasteiger partial charge in [-0.2, -0.15) is 0 Å². The third-order valence-electron chi connectivity index (χ3n) is 5.49. The first-order valence-corrected chi connectivity index (χ1v) is 8.08. The third-order valence-corrected chi connectivity index (χ3v) is 5.49. The van der Waals surface area contributed by atoms with E-state index in [9.17, 15) is 0 Å². The maximum Gasteiger partial charge on any atom is 0.0494 e. The summed E-state index contributed by atoms with van der Waals surface area (Å²) in [5.41, 5.74) is 2.81. The molecule has 3 aliphatic rings. The van der Waals surface area contributed by atoms with Crippen LogP contribution in [0.3, 0.4) is 0 Å². The van der Waals surface area contributed by atoms with Crippen molar-refractivity contribution in [3.05, 3.63) is 60.7 Å². The number of aromatic nitrogens is 1. The van der Waals surface area contributed by atoms with Crippen molar-refractivity contribution >= 4 is 21.8 Å². The number of hydrogen-bond acceptors (Lipinski definition) is 0. The predicted molar refractivity (Wildman–Crippen MR) is 88.5 cm³/mol. The van der Waals surface area contributed by atoms with Crippen LogP contribution < -0.4 is 0 Å². The lowest BCUT2D eigenvalue weighted by molar-refractivity contribution is 0.232. The van der Waals surface area contributed by atoms with E-state index in [1.165, 1.54) is 41.1 Å². The van der Waals surface area contributed by atoms with E-state index >= 15 is 0 Å². The van der Waals surface area contributed by atoms with Gasteiger partial charge in [-0.1, -0.05) is 48.6 Å². The SMILES string of the molecule is C1=C[C@H]2CC[C@@H]1C[C@H]2n1c2ccccc2c2ccccc21. The Bertz CT molecular complexity index is 801. The van der Waals surface area contributed by atoms with Crippen molar-refractivity contribution < 1.29 is 0 Å². The first-order valence-electron chi connectivity index (χ1n) is 8.08. The molecule has 3 aromatic rings. The topological polar surface area (TPSA) is 4.93 Å². The van der Waals surface area contributed by atoms with E-state index < -0.39 is 0 Å². The van der Waals surface area contributed by atoms with Gasteiger partial charge in [-0.15, -0.1) is 0 Å². The second-order valence-electron chi connectivity index (χ2n) is 6.59. The smallest absolute Gasteiger partial charge is 0.0494 e. The lowest BCUT2D eigenvalue weighted by atomic mass is 9.72. The molecule has 1 fully saturated rings. The van der Waals surface area contributed by atoms with Gasteiger partial charge >= 0.3 is 0 Å². The number of benzene rings is 2. The fourth-order valence-corrected chi connectivity index (χ4v) is 4.51. The first kappa shape index (κ1) is 11.6. The summed E-state index contributed by atoms with van der Waals surface area (Å²) >= 11 is 0. The molecule has 0 amide bonds. The normalized spacial score (nSPS) is 27.7. The Morgan fingerprint density at radius 2 is 1.43 bits per heavy atom. The maximum absolute atomic E-state index is 2.63. The minimum atomic E-state index is 0.638. The minimum absolute atomic E-state index is 0.638. The Morgan fingerprint density at radius 1 is 0.762 bits per heavy atom. The summed E-state index contributed by atoms with van der Waals surface area (Å²) < 4.78 is 2.63. The van der Waals surface area contributed by atoms with Crippen LogP contribution in [0.1, 0.15) is 25.3 Å². The second-order valence-corrected chi connectivity index (χ2v) is 6.59. The molecule has 3 atom stereocenters. The summed E-state index contributed by atoms with van der Waals surface area (Å²) in [6.45, 7) is 0. The molecule has 2 bridgehead atoms. The summed E-state index contributed by atoms with van der Waals surface area (Å²) in [6.07, 6.45) is 8.98. The molecule has 0 N–H and O–H groups in total. The largest absolute Gasteiger partial charge is 0.337 e. The Labute approximate surface area is 124 Å². The van der Waals surface area contributed by atoms with Crippen LogP contribution in [0, 0.1) is 11.8 Å². The van der Waals surface area contributed by atoms with E-state index in [0.717, 1.165) is 5.92 Å². The lowest BCUT2D eigenvalue weighted by Gasteiger charge is -2.39. The van der Waals surface area contributed by atoms with E-state index in [2.05, 4.69) is 65.3 Å². The van der Waals surface area contributed by atoms with Crippen molar-refractivity contribution in [3.63, 3.8) is 0 Å². The van der Waals surface area contributed by atoms with Gasteiger partial charge in [0.2, 0.25) is 0 Å². The Kier molecular flexibility index (Phi) is 2.34. The molecule has 6 rings (SSSR count). The molecule has 1 nitrogen and oxygen atoms in total. The number of hydrogen-bond donors (Lipinski definition) is 0. The van der Waals surface area contributed by atoms with Crippen molar-refractivity contribution in [1.29, 1.82) is 0 Å². The quantitative estimate of drug-likeness (QED) is 0.529. The van der Waals surface area contributed by atoms with Crippen molar-refractivity contribution in [2.45, 2.75) is 25.3 Å². The summed E-state index contributed by atoms with van der Waals surface area (Å²) in [6, 6.07) is 18.4. The van der Waals surface area contributed by atoms with Crippen molar-refractivity contribution in [2.24, 2.45) is 11.8 Å². The molecule has 0 saturated heterocycles. The van der Waals surface area contributed by atoms with E-state index in [4.69, 9.17) is 0 Å². The fraction of sp³-hybridized carbons (Fsp3) is 0.300. The molecular weight excluding hydrogens is 254 g/mol. The highest BCUT2D eigenvalue weighted by atomic mass is 15.0. The third kappa shape index (κ3) is 1.58. The van der Waals surface area contributed by atoms with Crippen LogP contribution in [0.15, 0.2) is 60.7 Å². The van der Waals surface area contributed by atoms with Gasteiger partial charge in [0.05, 0.1) is 0 Å². The fourth-order valence-electron chi connectivity index (χ4n) is 4.51. The second kappa shape index (κ2) is 4.24. The number of allylic oxidation sites excluding steroid dienone is 2. The van der Waals surface area contributed by atoms with Gasteiger partial charge in [0.25, 0.3) is 0 Å². The zero-order chi connectivity index (χ0) is 13.8. The number of rotatable bonds is 1. The Morgan fingerprint density at radius 3 is 1.95 bits per heavy atom. The molecule has 0 radical (unpaired) electrons. The average molecular weight is 273 g/mol. The molecule has 0 unspecified atom stereocenters. The predicted octanol–water partition coefficient (Wildman–Crippen LogP) is 5.32. The average Bonchev–Trinajstić information content (AvgIpc) is 2.90. The van der Waals surface area contributed by atoms with Crippen molar-refractivity contribution in [2.75, 3.05) is 0 Å². The van der Waals surface area contributed by atoms with Crippen molar-refractivity contribution in [3.8, 4) is 0 Å². The van der Waals surface area contributed by atoms with E-state index in [1.54, 1.807) is 0 Å². The molecule has 0 aliphatic heterocycles. The zero-order valence-corrected chi connectivity index (χ0v) is 12.1. The van der Waals surface area contributed by atoms with Crippen LogP contribution >= 0.6 is 0 Å². The molecule has 2 aromatic carbocycles. The summed E-state index contributed by atoms with van der Waals surface area (Å²) in [5, 5.41) is 2.80. The van der Waals surface area contributed by atoms with Gasteiger partial charge in [-0.25, -0.2) is 0 Å². The first-order chi connectivity index (χ1) is 10.4. The van der Waals surface area contributed by atoms with E-state index in [-0.39, 0.29) is 0 Å². The van der Waals surface area contributed by atoms with Crippen molar-refractivity contribution in [1.82, 2.24) is 4.57 Å². The van der Waals surface area contributed by atoms with E-state index in [1.807, 2.05) is 0 Å². The molecule has 1 heteroatoms. The van der Waals surface area contributed by atoms with Gasteiger partial charge in [0.1, 0.15) is 0 Å². The summed E-state index contributed by atoms with van der Waals surface area (Å²) in [7, 11) is 0. The van der Waals surface area contributed by atoms with Crippen LogP contribution in [0.2, 0.25) is 0 Å². The van der Waals surface area contributed by atoms with Gasteiger partial charge < -0.3 is 4.57 Å². The summed E-state index contributed by atoms with van der Waals surface area (Å²) in [5.74, 6) is 1.51. The van der Waals surface area contributed by atoms with Gasteiger partial charge in [0.15, 0.2) is 0 Å².